The van der Waals surface area contributed by atoms with Crippen LogP contribution >= 0.6 is 0 Å². The second kappa shape index (κ2) is 9.23. The van der Waals surface area contributed by atoms with Crippen LogP contribution in [0.5, 0.6) is 11.5 Å². The lowest BCUT2D eigenvalue weighted by atomic mass is 10.1. The fourth-order valence-corrected chi connectivity index (χ4v) is 5.88. The second-order valence-electron chi connectivity index (χ2n) is 8.79. The van der Waals surface area contributed by atoms with Crippen LogP contribution in [0.15, 0.2) is 47.4 Å². The molecule has 0 radical (unpaired) electrons. The molecule has 0 saturated carbocycles. The zero-order valence-corrected chi connectivity index (χ0v) is 19.4. The number of ether oxygens (including phenoxy) is 2. The molecule has 176 valence electrons. The maximum absolute atomic E-state index is 13.1. The second-order valence-corrected chi connectivity index (χ2v) is 10.5. The maximum Gasteiger partial charge on any atom is 0.262 e. The molecule has 1 amide bonds. The first-order chi connectivity index (χ1) is 16.0. The smallest absolute Gasteiger partial charge is 0.262 e. The molecule has 8 nitrogen and oxygen atoms in total. The molecule has 9 heteroatoms. The van der Waals surface area contributed by atoms with Crippen LogP contribution in [-0.4, -0.2) is 69.6 Å². The number of hydrogen-bond acceptors (Lipinski definition) is 6. The van der Waals surface area contributed by atoms with Crippen molar-refractivity contribution >= 4 is 21.6 Å². The van der Waals surface area contributed by atoms with Crippen molar-refractivity contribution in [2.45, 2.75) is 36.6 Å². The van der Waals surface area contributed by atoms with Gasteiger partial charge in [-0.05, 0) is 75.2 Å². The third-order valence-corrected chi connectivity index (χ3v) is 7.89. The van der Waals surface area contributed by atoms with E-state index in [2.05, 4.69) is 9.62 Å². The lowest BCUT2D eigenvalue weighted by Crippen LogP contribution is -2.42. The maximum atomic E-state index is 13.1. The van der Waals surface area contributed by atoms with E-state index < -0.39 is 10.0 Å². The van der Waals surface area contributed by atoms with Gasteiger partial charge in [-0.15, -0.1) is 0 Å². The quantitative estimate of drug-likeness (QED) is 0.697. The van der Waals surface area contributed by atoms with Gasteiger partial charge in [0.15, 0.2) is 11.5 Å². The van der Waals surface area contributed by atoms with Gasteiger partial charge in [-0.25, -0.2) is 8.42 Å². The number of hydrogen-bond donors (Lipinski definition) is 1. The van der Waals surface area contributed by atoms with Gasteiger partial charge in [0.2, 0.25) is 0 Å². The normalized spacial score (nSPS) is 20.7. The molecule has 3 aliphatic rings. The average molecular weight is 472 g/mol. The predicted octanol–water partition coefficient (Wildman–Crippen LogP) is 2.96. The highest BCUT2D eigenvalue weighted by Gasteiger charge is 2.31. The minimum atomic E-state index is -3.80. The van der Waals surface area contributed by atoms with Crippen molar-refractivity contribution in [2.75, 3.05) is 44.1 Å². The summed E-state index contributed by atoms with van der Waals surface area (Å²) in [6, 6.07) is 11.4. The SMILES string of the molecule is O=C(c1ccc(NS(=O)(=O)c2ccc3c(c2)OCCO3)cc1)N1CCCC1CN1CCCC1. The third-order valence-electron chi connectivity index (χ3n) is 6.51. The molecule has 2 saturated heterocycles. The van der Waals surface area contributed by atoms with Crippen molar-refractivity contribution in [1.82, 2.24) is 9.80 Å². The van der Waals surface area contributed by atoms with Gasteiger partial charge in [0.25, 0.3) is 15.9 Å². The Hall–Kier alpha value is -2.78. The van der Waals surface area contributed by atoms with E-state index in [1.807, 2.05) is 4.90 Å². The van der Waals surface area contributed by atoms with Crippen LogP contribution < -0.4 is 14.2 Å². The van der Waals surface area contributed by atoms with Crippen molar-refractivity contribution in [3.05, 3.63) is 48.0 Å². The Labute approximate surface area is 194 Å². The first kappa shape index (κ1) is 22.0. The van der Waals surface area contributed by atoms with Crippen molar-refractivity contribution < 1.29 is 22.7 Å². The summed E-state index contributed by atoms with van der Waals surface area (Å²) in [6.45, 7) is 4.79. The van der Waals surface area contributed by atoms with Gasteiger partial charge in [-0.1, -0.05) is 0 Å². The molecule has 3 heterocycles. The Bertz CT molecular complexity index is 1110. The molecule has 1 atom stereocenters. The number of fused-ring (bicyclic) bond motifs is 1. The highest BCUT2D eigenvalue weighted by molar-refractivity contribution is 7.92. The number of benzene rings is 2. The zero-order valence-electron chi connectivity index (χ0n) is 18.5. The molecule has 1 N–H and O–H groups in total. The minimum absolute atomic E-state index is 0.0120. The van der Waals surface area contributed by atoms with Gasteiger partial charge in [0, 0.05) is 36.4 Å². The number of amides is 1. The van der Waals surface area contributed by atoms with E-state index in [1.54, 1.807) is 30.3 Å². The topological polar surface area (TPSA) is 88.2 Å². The molecule has 0 bridgehead atoms. The monoisotopic (exact) mass is 471 g/mol. The predicted molar refractivity (Wildman–Crippen MR) is 124 cm³/mol. The summed E-state index contributed by atoms with van der Waals surface area (Å²) in [5.41, 5.74) is 0.974. The van der Waals surface area contributed by atoms with E-state index >= 15 is 0 Å². The Morgan fingerprint density at radius 2 is 1.67 bits per heavy atom. The lowest BCUT2D eigenvalue weighted by molar-refractivity contribution is 0.0709. The molecule has 2 aromatic carbocycles. The number of sulfonamides is 1. The molecular formula is C24H29N3O5S. The third kappa shape index (κ3) is 4.79. The standard InChI is InChI=1S/C24H29N3O5S/c28-24(27-13-3-4-20(27)17-26-11-1-2-12-26)18-5-7-19(8-6-18)25-33(29,30)21-9-10-22-23(16-21)32-15-14-31-22/h5-10,16,20,25H,1-4,11-15,17H2. The van der Waals surface area contributed by atoms with Gasteiger partial charge in [-0.3, -0.25) is 9.52 Å². The van der Waals surface area contributed by atoms with Crippen molar-refractivity contribution in [1.29, 1.82) is 0 Å². The number of carbonyl (C=O) groups excluding carboxylic acids is 1. The van der Waals surface area contributed by atoms with Crippen molar-refractivity contribution in [3.63, 3.8) is 0 Å². The Balaban J connectivity index is 1.26. The van der Waals surface area contributed by atoms with Gasteiger partial charge < -0.3 is 19.3 Å². The Morgan fingerprint density at radius 1 is 0.939 bits per heavy atom. The summed E-state index contributed by atoms with van der Waals surface area (Å²) in [5.74, 6) is 0.963. The van der Waals surface area contributed by atoms with Crippen LogP contribution in [0.25, 0.3) is 0 Å². The van der Waals surface area contributed by atoms with Gasteiger partial charge in [-0.2, -0.15) is 0 Å². The van der Waals surface area contributed by atoms with E-state index in [1.165, 1.54) is 25.0 Å². The van der Waals surface area contributed by atoms with Crippen molar-refractivity contribution in [3.8, 4) is 11.5 Å². The molecule has 0 spiro atoms. The Kier molecular flexibility index (Phi) is 6.16. The van der Waals surface area contributed by atoms with Gasteiger partial charge >= 0.3 is 0 Å². The number of rotatable bonds is 6. The fourth-order valence-electron chi connectivity index (χ4n) is 4.81. The molecular weight excluding hydrogens is 442 g/mol. The van der Waals surface area contributed by atoms with Crippen LogP contribution in [0.3, 0.4) is 0 Å². The average Bonchev–Trinajstić information content (AvgIpc) is 3.51. The molecule has 0 aromatic heterocycles. The number of carbonyl (C=O) groups is 1. The number of anilines is 1. The fraction of sp³-hybridized carbons (Fsp3) is 0.458. The minimum Gasteiger partial charge on any atom is -0.486 e. The van der Waals surface area contributed by atoms with E-state index in [9.17, 15) is 13.2 Å². The van der Waals surface area contributed by atoms with Crippen LogP contribution in [0.1, 0.15) is 36.0 Å². The van der Waals surface area contributed by atoms with Gasteiger partial charge in [0.1, 0.15) is 13.2 Å². The zero-order chi connectivity index (χ0) is 22.8. The van der Waals surface area contributed by atoms with E-state index in [0.717, 1.165) is 39.0 Å². The highest BCUT2D eigenvalue weighted by atomic mass is 32.2. The first-order valence-electron chi connectivity index (χ1n) is 11.6. The summed E-state index contributed by atoms with van der Waals surface area (Å²) in [5, 5.41) is 0. The molecule has 0 aliphatic carbocycles. The van der Waals surface area contributed by atoms with E-state index in [4.69, 9.17) is 9.47 Å². The van der Waals surface area contributed by atoms with Gasteiger partial charge in [0.05, 0.1) is 4.90 Å². The van der Waals surface area contributed by atoms with E-state index in [-0.39, 0.29) is 16.8 Å². The number of nitrogens with zero attached hydrogens (tertiary/aromatic N) is 2. The molecule has 2 aromatic rings. The summed E-state index contributed by atoms with van der Waals surface area (Å²) >= 11 is 0. The van der Waals surface area contributed by atoms with Crippen LogP contribution in [0, 0.1) is 0 Å². The lowest BCUT2D eigenvalue weighted by Gasteiger charge is -2.28. The number of likely N-dealkylation sites (tertiary alicyclic amines) is 2. The molecule has 33 heavy (non-hydrogen) atoms. The summed E-state index contributed by atoms with van der Waals surface area (Å²) in [7, 11) is -3.80. The Morgan fingerprint density at radius 3 is 2.42 bits per heavy atom. The molecule has 3 aliphatic heterocycles. The largest absolute Gasteiger partial charge is 0.486 e. The number of nitrogens with one attached hydrogen (secondary N) is 1. The molecule has 1 unspecified atom stereocenters. The molecule has 2 fully saturated rings. The first-order valence-corrected chi connectivity index (χ1v) is 13.0. The molecule has 5 rings (SSSR count). The van der Waals surface area contributed by atoms with Crippen molar-refractivity contribution in [2.24, 2.45) is 0 Å². The van der Waals surface area contributed by atoms with E-state index in [0.29, 0.717) is 36.0 Å². The highest BCUT2D eigenvalue weighted by Crippen LogP contribution is 2.33. The summed E-state index contributed by atoms with van der Waals surface area (Å²) in [6.07, 6.45) is 4.54. The van der Waals surface area contributed by atoms with Crippen LogP contribution in [-0.2, 0) is 10.0 Å². The summed E-state index contributed by atoms with van der Waals surface area (Å²) in [4.78, 5) is 17.6. The van der Waals surface area contributed by atoms with Crippen LogP contribution in [0.4, 0.5) is 5.69 Å². The van der Waals surface area contributed by atoms with Crippen LogP contribution in [0.2, 0.25) is 0 Å². The summed E-state index contributed by atoms with van der Waals surface area (Å²) < 4.78 is 39.2.